The molecule has 0 spiro atoms. The zero-order chi connectivity index (χ0) is 18.3. The highest BCUT2D eigenvalue weighted by Crippen LogP contribution is 2.31. The smallest absolute Gasteiger partial charge is 0.464 e. The molecule has 2 heterocycles. The van der Waals surface area contributed by atoms with E-state index in [1.807, 2.05) is 0 Å². The summed E-state index contributed by atoms with van der Waals surface area (Å²) in [4.78, 5) is 0.0407. The van der Waals surface area contributed by atoms with Crippen molar-refractivity contribution in [1.29, 1.82) is 0 Å². The van der Waals surface area contributed by atoms with Crippen molar-refractivity contribution >= 4 is 34.0 Å². The fourth-order valence-corrected chi connectivity index (χ4v) is 4.14. The Balaban J connectivity index is 1.73. The van der Waals surface area contributed by atoms with Crippen molar-refractivity contribution in [3.05, 3.63) is 60.4 Å². The van der Waals surface area contributed by atoms with Gasteiger partial charge in [0.1, 0.15) is 5.76 Å². The largest absolute Gasteiger partial charge is 0.491 e. The lowest BCUT2D eigenvalue weighted by atomic mass is 9.79. The highest BCUT2D eigenvalue weighted by Gasteiger charge is 2.28. The minimum atomic E-state index is -3.91. The maximum Gasteiger partial charge on any atom is 0.491 e. The zero-order valence-electron chi connectivity index (χ0n) is 13.5. The van der Waals surface area contributed by atoms with Gasteiger partial charge in [-0.05, 0) is 53.5 Å². The number of fused-ring (bicyclic) bond motifs is 1. The number of benzene rings is 2. The molecule has 0 atom stereocenters. The first kappa shape index (κ1) is 16.7. The molecule has 7 nitrogen and oxygen atoms in total. The van der Waals surface area contributed by atoms with Gasteiger partial charge >= 0.3 is 7.12 Å². The molecule has 1 aromatic heterocycles. The predicted octanol–water partition coefficient (Wildman–Crippen LogP) is 1.55. The van der Waals surface area contributed by atoms with Gasteiger partial charge in [0.05, 0.1) is 17.8 Å². The number of furan rings is 1. The fourth-order valence-electron chi connectivity index (χ4n) is 2.89. The standard InChI is InChI=1S/C17H15BN2O5S/c19-12-4-6-17(14(8-12)16-2-1-7-24-16)26(22,23)20-13-5-3-11-10-25-18(21)15(11)9-13/h1-9,20-21H,10,19H2. The van der Waals surface area contributed by atoms with Crippen molar-refractivity contribution in [3.63, 3.8) is 0 Å². The van der Waals surface area contributed by atoms with Gasteiger partial charge in [0, 0.05) is 16.9 Å². The molecule has 26 heavy (non-hydrogen) atoms. The average molecular weight is 370 g/mol. The molecular weight excluding hydrogens is 355 g/mol. The summed E-state index contributed by atoms with van der Waals surface area (Å²) in [6.07, 6.45) is 1.46. The van der Waals surface area contributed by atoms with Crippen LogP contribution in [0.2, 0.25) is 0 Å². The van der Waals surface area contributed by atoms with Crippen molar-refractivity contribution in [2.24, 2.45) is 0 Å². The van der Waals surface area contributed by atoms with Crippen LogP contribution < -0.4 is 15.9 Å². The van der Waals surface area contributed by atoms with E-state index >= 15 is 0 Å². The van der Waals surface area contributed by atoms with Gasteiger partial charge in [0.2, 0.25) is 0 Å². The van der Waals surface area contributed by atoms with Crippen LogP contribution in [0.1, 0.15) is 5.56 Å². The summed E-state index contributed by atoms with van der Waals surface area (Å²) in [5.41, 5.74) is 8.30. The van der Waals surface area contributed by atoms with Crippen LogP contribution >= 0.6 is 0 Å². The van der Waals surface area contributed by atoms with E-state index in [4.69, 9.17) is 14.8 Å². The van der Waals surface area contributed by atoms with Gasteiger partial charge in [-0.3, -0.25) is 4.72 Å². The number of rotatable bonds is 4. The van der Waals surface area contributed by atoms with Gasteiger partial charge in [-0.1, -0.05) is 6.07 Å². The number of nitrogens with one attached hydrogen (secondary N) is 1. The lowest BCUT2D eigenvalue weighted by molar-refractivity contribution is 0.275. The number of nitrogen functional groups attached to an aromatic ring is 1. The van der Waals surface area contributed by atoms with Crippen LogP contribution in [-0.2, 0) is 21.3 Å². The summed E-state index contributed by atoms with van der Waals surface area (Å²) in [6.45, 7) is 0.296. The van der Waals surface area contributed by atoms with Gasteiger partial charge < -0.3 is 19.8 Å². The van der Waals surface area contributed by atoms with Gasteiger partial charge in [-0.2, -0.15) is 0 Å². The molecule has 0 bridgehead atoms. The number of nitrogens with two attached hydrogens (primary N) is 1. The molecule has 9 heteroatoms. The molecular formula is C17H15BN2O5S. The number of hydrogen-bond acceptors (Lipinski definition) is 6. The van der Waals surface area contributed by atoms with Crippen LogP contribution in [0.15, 0.2) is 64.1 Å². The van der Waals surface area contributed by atoms with E-state index in [0.717, 1.165) is 5.56 Å². The molecule has 4 rings (SSSR count). The normalized spacial score (nSPS) is 13.7. The molecule has 0 saturated carbocycles. The Morgan fingerprint density at radius 2 is 2.00 bits per heavy atom. The van der Waals surface area contributed by atoms with Crippen LogP contribution in [0.5, 0.6) is 0 Å². The maximum absolute atomic E-state index is 12.9. The lowest BCUT2D eigenvalue weighted by Gasteiger charge is -2.13. The van der Waals surface area contributed by atoms with E-state index < -0.39 is 17.1 Å². The van der Waals surface area contributed by atoms with Gasteiger partial charge in [0.15, 0.2) is 0 Å². The Morgan fingerprint density at radius 1 is 1.15 bits per heavy atom. The minimum Gasteiger partial charge on any atom is -0.464 e. The molecule has 1 aliphatic heterocycles. The Labute approximate surface area is 150 Å². The predicted molar refractivity (Wildman–Crippen MR) is 98.2 cm³/mol. The summed E-state index contributed by atoms with van der Waals surface area (Å²) in [5.74, 6) is 0.399. The molecule has 132 valence electrons. The first-order valence-corrected chi connectivity index (χ1v) is 9.31. The van der Waals surface area contributed by atoms with Crippen molar-refractivity contribution < 1.29 is 22.5 Å². The first-order valence-electron chi connectivity index (χ1n) is 7.83. The summed E-state index contributed by atoms with van der Waals surface area (Å²) in [7, 11) is -4.96. The Hall–Kier alpha value is -2.75. The van der Waals surface area contributed by atoms with Crippen LogP contribution in [0.4, 0.5) is 11.4 Å². The third-order valence-corrected chi connectivity index (χ3v) is 5.58. The molecule has 4 N–H and O–H groups in total. The Bertz CT molecular complexity index is 1070. The third-order valence-electron chi connectivity index (χ3n) is 4.14. The third kappa shape index (κ3) is 2.96. The molecule has 0 fully saturated rings. The lowest BCUT2D eigenvalue weighted by Crippen LogP contribution is -2.28. The maximum atomic E-state index is 12.9. The second-order valence-electron chi connectivity index (χ2n) is 5.92. The Kier molecular flexibility index (Phi) is 3.99. The summed E-state index contributed by atoms with van der Waals surface area (Å²) in [6, 6.07) is 12.7. The van der Waals surface area contributed by atoms with Crippen molar-refractivity contribution in [3.8, 4) is 11.3 Å². The molecule has 0 radical (unpaired) electrons. The number of hydrogen-bond donors (Lipinski definition) is 3. The van der Waals surface area contributed by atoms with Crippen molar-refractivity contribution in [2.45, 2.75) is 11.5 Å². The molecule has 0 aliphatic carbocycles. The quantitative estimate of drug-likeness (QED) is 0.474. The SMILES string of the molecule is Nc1ccc(S(=O)(=O)Nc2ccc3c(c2)B(O)OC3)c(-c2ccco2)c1. The van der Waals surface area contributed by atoms with E-state index in [0.29, 0.717) is 34.8 Å². The van der Waals surface area contributed by atoms with Gasteiger partial charge in [-0.25, -0.2) is 8.42 Å². The summed E-state index contributed by atoms with van der Waals surface area (Å²) >= 11 is 0. The summed E-state index contributed by atoms with van der Waals surface area (Å²) < 4.78 is 38.8. The fraction of sp³-hybridized carbons (Fsp3) is 0.0588. The van der Waals surface area contributed by atoms with Gasteiger partial charge in [-0.15, -0.1) is 0 Å². The second-order valence-corrected chi connectivity index (χ2v) is 7.57. The van der Waals surface area contributed by atoms with Crippen molar-refractivity contribution in [2.75, 3.05) is 10.5 Å². The topological polar surface area (TPSA) is 115 Å². The minimum absolute atomic E-state index is 0.0407. The van der Waals surface area contributed by atoms with Crippen molar-refractivity contribution in [1.82, 2.24) is 0 Å². The van der Waals surface area contributed by atoms with E-state index in [1.165, 1.54) is 18.4 Å². The molecule has 0 saturated heterocycles. The van der Waals surface area contributed by atoms with E-state index in [1.54, 1.807) is 36.4 Å². The van der Waals surface area contributed by atoms with E-state index in [9.17, 15) is 13.4 Å². The molecule has 1 aliphatic rings. The molecule has 2 aromatic carbocycles. The first-order chi connectivity index (χ1) is 12.4. The summed E-state index contributed by atoms with van der Waals surface area (Å²) in [5, 5.41) is 9.80. The monoisotopic (exact) mass is 370 g/mol. The van der Waals surface area contributed by atoms with Gasteiger partial charge in [0.25, 0.3) is 10.0 Å². The second kappa shape index (κ2) is 6.20. The highest BCUT2D eigenvalue weighted by molar-refractivity contribution is 7.92. The highest BCUT2D eigenvalue weighted by atomic mass is 32.2. The van der Waals surface area contributed by atoms with Crippen LogP contribution in [0.3, 0.4) is 0 Å². The van der Waals surface area contributed by atoms with Crippen LogP contribution in [-0.4, -0.2) is 20.6 Å². The molecule has 0 unspecified atom stereocenters. The van der Waals surface area contributed by atoms with Crippen LogP contribution in [0.25, 0.3) is 11.3 Å². The molecule has 3 aromatic rings. The zero-order valence-corrected chi connectivity index (χ0v) is 14.4. The Morgan fingerprint density at radius 3 is 2.77 bits per heavy atom. The van der Waals surface area contributed by atoms with E-state index in [2.05, 4.69) is 4.72 Å². The molecule has 0 amide bonds. The van der Waals surface area contributed by atoms with E-state index in [-0.39, 0.29) is 4.90 Å². The number of sulfonamides is 1. The van der Waals surface area contributed by atoms with Crippen LogP contribution in [0, 0.1) is 0 Å². The number of anilines is 2. The average Bonchev–Trinajstić information content (AvgIpc) is 3.25.